The second-order valence-electron chi connectivity index (χ2n) is 4.52. The fourth-order valence-electron chi connectivity index (χ4n) is 2.17. The van der Waals surface area contributed by atoms with Gasteiger partial charge in [-0.2, -0.15) is 0 Å². The van der Waals surface area contributed by atoms with Gasteiger partial charge in [-0.3, -0.25) is 0 Å². The number of hydrogen-bond donors (Lipinski definition) is 1. The molecule has 0 saturated heterocycles. The van der Waals surface area contributed by atoms with Crippen LogP contribution in [0, 0.1) is 10.8 Å². The van der Waals surface area contributed by atoms with Gasteiger partial charge < -0.3 is 9.84 Å². The van der Waals surface area contributed by atoms with E-state index in [1.807, 2.05) is 13.0 Å². The number of esters is 1. The zero-order valence-corrected chi connectivity index (χ0v) is 11.4. The van der Waals surface area contributed by atoms with Gasteiger partial charge >= 0.3 is 11.9 Å². The first-order valence-electron chi connectivity index (χ1n) is 6.26. The van der Waals surface area contributed by atoms with Crippen molar-refractivity contribution in [3.05, 3.63) is 34.4 Å². The molecule has 1 aromatic carbocycles. The summed E-state index contributed by atoms with van der Waals surface area (Å²) in [7, 11) is 1.31. The molecule has 6 nitrogen and oxygen atoms in total. The topological polar surface area (TPSA) is 111 Å². The minimum absolute atomic E-state index is 0.197. The monoisotopic (exact) mass is 276 g/mol. The minimum Gasteiger partial charge on any atom is -0.478 e. The Morgan fingerprint density at radius 3 is 2.30 bits per heavy atom. The number of methoxy groups -OCH3 is 1. The van der Waals surface area contributed by atoms with Crippen LogP contribution in [0.15, 0.2) is 12.1 Å². The number of rotatable bonds is 4. The van der Waals surface area contributed by atoms with Crippen LogP contribution < -0.4 is 0 Å². The lowest BCUT2D eigenvalue weighted by Crippen LogP contribution is -2.11. The Bertz CT molecular complexity index is 548. The molecule has 1 aromatic rings. The highest BCUT2D eigenvalue weighted by molar-refractivity contribution is 5.97. The number of nitrogens with zero attached hydrogens (tertiary/aromatic N) is 2. The molecular weight excluding hydrogens is 260 g/mol. The molecule has 6 heteroatoms. The molecule has 0 unspecified atom stereocenters. The fraction of sp³-hybridized carbons (Fsp3) is 0.429. The van der Waals surface area contributed by atoms with Crippen molar-refractivity contribution in [1.82, 2.24) is 0 Å². The number of carboxylic acids is 1. The lowest BCUT2D eigenvalue weighted by Gasteiger charge is -2.12. The van der Waals surface area contributed by atoms with Gasteiger partial charge in [0, 0.05) is 10.8 Å². The first-order chi connectivity index (χ1) is 9.58. The van der Waals surface area contributed by atoms with E-state index in [0.717, 1.165) is 24.0 Å². The van der Waals surface area contributed by atoms with Crippen LogP contribution in [0.4, 0.5) is 0 Å². The predicted molar refractivity (Wildman–Crippen MR) is 69.5 cm³/mol. The maximum Gasteiger partial charge on any atom is 0.338 e. The molecule has 0 heterocycles. The average Bonchev–Trinajstić information content (AvgIpc) is 3.31. The molecule has 106 valence electrons. The van der Waals surface area contributed by atoms with Crippen molar-refractivity contribution in [2.45, 2.75) is 32.1 Å². The van der Waals surface area contributed by atoms with Crippen molar-refractivity contribution >= 4 is 11.9 Å². The second kappa shape index (κ2) is 6.66. The van der Waals surface area contributed by atoms with Gasteiger partial charge in [-0.15, -0.1) is 0 Å². The quantitative estimate of drug-likeness (QED) is 0.668. The molecule has 0 aromatic heterocycles. The van der Waals surface area contributed by atoms with E-state index in [9.17, 15) is 9.59 Å². The predicted octanol–water partition coefficient (Wildman–Crippen LogP) is 2.64. The van der Waals surface area contributed by atoms with Crippen molar-refractivity contribution in [2.24, 2.45) is 0 Å². The largest absolute Gasteiger partial charge is 0.478 e. The van der Waals surface area contributed by atoms with Crippen molar-refractivity contribution < 1.29 is 19.4 Å². The molecule has 1 N–H and O–H groups in total. The van der Waals surface area contributed by atoms with Crippen LogP contribution in [0.2, 0.25) is 0 Å². The van der Waals surface area contributed by atoms with Crippen molar-refractivity contribution in [3.63, 3.8) is 0 Å². The summed E-state index contributed by atoms with van der Waals surface area (Å²) in [6, 6.07) is 3.31. The Morgan fingerprint density at radius 1 is 1.30 bits per heavy atom. The third-order valence-corrected chi connectivity index (χ3v) is 3.31. The fourth-order valence-corrected chi connectivity index (χ4v) is 2.17. The Labute approximate surface area is 116 Å². The minimum atomic E-state index is -1.00. The number of aromatic carboxylic acids is 1. The number of carbonyl (C=O) groups excluding carboxylic acids is 1. The van der Waals surface area contributed by atoms with Crippen LogP contribution in [-0.4, -0.2) is 24.2 Å². The zero-order valence-electron chi connectivity index (χ0n) is 11.4. The molecule has 2 rings (SSSR count). The summed E-state index contributed by atoms with van der Waals surface area (Å²) in [6.45, 7) is 1.91. The summed E-state index contributed by atoms with van der Waals surface area (Å²) in [4.78, 5) is 22.9. The van der Waals surface area contributed by atoms with E-state index >= 15 is 0 Å². The van der Waals surface area contributed by atoms with Gasteiger partial charge in [-0.25, -0.2) is 9.59 Å². The number of carboxylic acid groups (broad SMARTS) is 1. The highest BCUT2D eigenvalue weighted by Crippen LogP contribution is 2.42. The van der Waals surface area contributed by atoms with E-state index in [-0.39, 0.29) is 5.56 Å². The van der Waals surface area contributed by atoms with E-state index in [1.165, 1.54) is 13.2 Å². The molecule has 1 fully saturated rings. The first-order valence-corrected chi connectivity index (χ1v) is 6.26. The van der Waals surface area contributed by atoms with Gasteiger partial charge in [0.05, 0.1) is 18.2 Å². The summed E-state index contributed by atoms with van der Waals surface area (Å²) in [5.74, 6) is -1.08. The molecule has 0 bridgehead atoms. The van der Waals surface area contributed by atoms with Crippen LogP contribution in [-0.2, 0) is 11.2 Å². The Morgan fingerprint density at radius 2 is 1.90 bits per heavy atom. The standard InChI is InChI=1S/C14H16O4.N2/c1-3-8-6-10(9-4-5-9)12(14(17)18-2)7-11(8)13(15)16;1-2/h6-7,9H,3-5H2,1-2H3,(H,15,16);. The number of benzene rings is 1. The number of aryl methyl sites for hydroxylation is 1. The third-order valence-electron chi connectivity index (χ3n) is 3.31. The maximum absolute atomic E-state index is 11.7. The highest BCUT2D eigenvalue weighted by Gasteiger charge is 2.30. The molecule has 20 heavy (non-hydrogen) atoms. The van der Waals surface area contributed by atoms with Crippen LogP contribution in [0.1, 0.15) is 57.5 Å². The second-order valence-corrected chi connectivity index (χ2v) is 4.52. The number of ether oxygens (including phenoxy) is 1. The molecular formula is C14H16N2O4. The van der Waals surface area contributed by atoms with E-state index in [2.05, 4.69) is 0 Å². The zero-order chi connectivity index (χ0) is 15.3. The summed E-state index contributed by atoms with van der Waals surface area (Å²) >= 11 is 0. The first kappa shape index (κ1) is 15.6. The summed E-state index contributed by atoms with van der Waals surface area (Å²) in [5.41, 5.74) is 2.30. The lowest BCUT2D eigenvalue weighted by molar-refractivity contribution is 0.0599. The normalized spacial score (nSPS) is 13.0. The van der Waals surface area contributed by atoms with Gasteiger partial charge in [0.1, 0.15) is 0 Å². The molecule has 0 amide bonds. The molecule has 1 aliphatic carbocycles. The molecule has 1 saturated carbocycles. The average molecular weight is 276 g/mol. The van der Waals surface area contributed by atoms with E-state index < -0.39 is 11.9 Å². The van der Waals surface area contributed by atoms with Crippen LogP contribution >= 0.6 is 0 Å². The molecule has 0 radical (unpaired) electrons. The SMILES string of the molecule is CCc1cc(C2CC2)c(C(=O)OC)cc1C(=O)O.N#N. The van der Waals surface area contributed by atoms with Crippen molar-refractivity contribution in [2.75, 3.05) is 7.11 Å². The lowest BCUT2D eigenvalue weighted by atomic mass is 9.94. The van der Waals surface area contributed by atoms with E-state index in [1.54, 1.807) is 0 Å². The maximum atomic E-state index is 11.7. The van der Waals surface area contributed by atoms with Crippen molar-refractivity contribution in [1.29, 1.82) is 10.8 Å². The molecule has 0 aliphatic heterocycles. The van der Waals surface area contributed by atoms with E-state index in [0.29, 0.717) is 17.9 Å². The van der Waals surface area contributed by atoms with Gasteiger partial charge in [-0.05, 0) is 42.4 Å². The smallest absolute Gasteiger partial charge is 0.338 e. The molecule has 0 spiro atoms. The Hall–Kier alpha value is -2.42. The molecule has 0 atom stereocenters. The van der Waals surface area contributed by atoms with Crippen LogP contribution in [0.25, 0.3) is 0 Å². The summed E-state index contributed by atoms with van der Waals surface area (Å²) < 4.78 is 4.73. The van der Waals surface area contributed by atoms with Gasteiger partial charge in [0.15, 0.2) is 0 Å². The van der Waals surface area contributed by atoms with Gasteiger partial charge in [0.25, 0.3) is 0 Å². The molecule has 1 aliphatic rings. The highest BCUT2D eigenvalue weighted by atomic mass is 16.5. The number of hydrogen-bond acceptors (Lipinski definition) is 5. The summed E-state index contributed by atoms with van der Waals surface area (Å²) in [5, 5.41) is 21.2. The third kappa shape index (κ3) is 3.12. The number of carbonyl (C=O) groups is 2. The van der Waals surface area contributed by atoms with Crippen molar-refractivity contribution in [3.8, 4) is 0 Å². The van der Waals surface area contributed by atoms with Gasteiger partial charge in [-0.1, -0.05) is 13.0 Å². The van der Waals surface area contributed by atoms with Crippen LogP contribution in [0.5, 0.6) is 0 Å². The Balaban J connectivity index is 0.000000956. The summed E-state index contributed by atoms with van der Waals surface area (Å²) in [6.07, 6.45) is 2.75. The van der Waals surface area contributed by atoms with Gasteiger partial charge in [0.2, 0.25) is 0 Å². The van der Waals surface area contributed by atoms with E-state index in [4.69, 9.17) is 20.6 Å². The Kier molecular flexibility index (Phi) is 5.21. The van der Waals surface area contributed by atoms with Crippen LogP contribution in [0.3, 0.4) is 0 Å².